The molecule has 4 aromatic rings. The molecule has 0 saturated heterocycles. The standard InChI is InChI=1S/C20H18N6O2S/c1-12-5-4-6-14(22-12)17-18(15-9-10-21-19(24-15)29-3)26-11-13(23-20(27)28-2)7-8-16(26)25-17/h4-11H,1-3H3,(H,23,27). The second-order valence-electron chi connectivity index (χ2n) is 6.16. The maximum atomic E-state index is 11.6. The van der Waals surface area contributed by atoms with E-state index in [1.54, 1.807) is 18.5 Å². The van der Waals surface area contributed by atoms with Crippen LogP contribution in [-0.4, -0.2) is 43.8 Å². The van der Waals surface area contributed by atoms with Gasteiger partial charge in [-0.3, -0.25) is 14.7 Å². The summed E-state index contributed by atoms with van der Waals surface area (Å²) in [6.45, 7) is 1.94. The van der Waals surface area contributed by atoms with Crippen molar-refractivity contribution in [1.82, 2.24) is 24.3 Å². The Balaban J connectivity index is 1.97. The van der Waals surface area contributed by atoms with Crippen molar-refractivity contribution >= 4 is 29.2 Å². The van der Waals surface area contributed by atoms with Crippen molar-refractivity contribution in [3.05, 3.63) is 54.5 Å². The van der Waals surface area contributed by atoms with Gasteiger partial charge in [-0.15, -0.1) is 0 Å². The molecule has 0 fully saturated rings. The molecule has 0 bridgehead atoms. The predicted molar refractivity (Wildman–Crippen MR) is 112 cm³/mol. The highest BCUT2D eigenvalue weighted by molar-refractivity contribution is 7.98. The number of aromatic nitrogens is 5. The zero-order valence-electron chi connectivity index (χ0n) is 16.1. The molecule has 4 aromatic heterocycles. The van der Waals surface area contributed by atoms with Crippen molar-refractivity contribution in [2.45, 2.75) is 12.1 Å². The Morgan fingerprint density at radius 1 is 1.10 bits per heavy atom. The van der Waals surface area contributed by atoms with Gasteiger partial charge in [0.1, 0.15) is 17.0 Å². The molecule has 1 amide bonds. The van der Waals surface area contributed by atoms with Crippen LogP contribution in [0.2, 0.25) is 0 Å². The highest BCUT2D eigenvalue weighted by Crippen LogP contribution is 2.32. The number of thioether (sulfide) groups is 1. The van der Waals surface area contributed by atoms with Gasteiger partial charge >= 0.3 is 6.09 Å². The van der Waals surface area contributed by atoms with Crippen LogP contribution in [0, 0.1) is 6.92 Å². The molecule has 8 nitrogen and oxygen atoms in total. The van der Waals surface area contributed by atoms with Gasteiger partial charge in [0.05, 0.1) is 24.2 Å². The first-order valence-corrected chi connectivity index (χ1v) is 10.00. The van der Waals surface area contributed by atoms with Crippen molar-refractivity contribution in [2.75, 3.05) is 18.7 Å². The summed E-state index contributed by atoms with van der Waals surface area (Å²) in [5.41, 5.74) is 5.11. The fraction of sp³-hybridized carbons (Fsp3) is 0.150. The Morgan fingerprint density at radius 2 is 1.97 bits per heavy atom. The minimum absolute atomic E-state index is 0.543. The van der Waals surface area contributed by atoms with Crippen molar-refractivity contribution in [3.63, 3.8) is 0 Å². The molecular weight excluding hydrogens is 388 g/mol. The van der Waals surface area contributed by atoms with Crippen LogP contribution in [0.3, 0.4) is 0 Å². The van der Waals surface area contributed by atoms with E-state index in [1.807, 2.05) is 47.9 Å². The van der Waals surface area contributed by atoms with Crippen LogP contribution in [0.5, 0.6) is 0 Å². The predicted octanol–water partition coefficient (Wildman–Crippen LogP) is 4.06. The highest BCUT2D eigenvalue weighted by atomic mass is 32.2. The number of ether oxygens (including phenoxy) is 1. The van der Waals surface area contributed by atoms with Crippen LogP contribution in [0.25, 0.3) is 28.4 Å². The Bertz CT molecular complexity index is 1210. The summed E-state index contributed by atoms with van der Waals surface area (Å²) in [6, 6.07) is 11.2. The Morgan fingerprint density at radius 3 is 2.72 bits per heavy atom. The molecule has 0 aromatic carbocycles. The molecule has 4 heterocycles. The lowest BCUT2D eigenvalue weighted by Gasteiger charge is -2.08. The molecule has 0 radical (unpaired) electrons. The third-order valence-corrected chi connectivity index (χ3v) is 4.80. The fourth-order valence-electron chi connectivity index (χ4n) is 2.96. The van der Waals surface area contributed by atoms with E-state index in [0.29, 0.717) is 27.9 Å². The van der Waals surface area contributed by atoms with Crippen LogP contribution in [0.4, 0.5) is 10.5 Å². The number of rotatable bonds is 4. The van der Waals surface area contributed by atoms with Crippen LogP contribution in [0.1, 0.15) is 5.69 Å². The molecule has 0 saturated carbocycles. The van der Waals surface area contributed by atoms with Crippen molar-refractivity contribution < 1.29 is 9.53 Å². The molecule has 9 heteroatoms. The van der Waals surface area contributed by atoms with E-state index in [-0.39, 0.29) is 0 Å². The topological polar surface area (TPSA) is 94.3 Å². The van der Waals surface area contributed by atoms with E-state index in [4.69, 9.17) is 9.72 Å². The fourth-order valence-corrected chi connectivity index (χ4v) is 3.31. The lowest BCUT2D eigenvalue weighted by Crippen LogP contribution is -2.11. The number of aryl methyl sites for hydroxylation is 1. The number of amides is 1. The van der Waals surface area contributed by atoms with Gasteiger partial charge in [-0.05, 0) is 43.5 Å². The molecule has 146 valence electrons. The van der Waals surface area contributed by atoms with Gasteiger partial charge < -0.3 is 4.74 Å². The van der Waals surface area contributed by atoms with E-state index < -0.39 is 6.09 Å². The van der Waals surface area contributed by atoms with Crippen molar-refractivity contribution in [1.29, 1.82) is 0 Å². The number of nitrogens with zero attached hydrogens (tertiary/aromatic N) is 5. The largest absolute Gasteiger partial charge is 0.453 e. The number of carbonyl (C=O) groups excluding carboxylic acids is 1. The molecule has 0 unspecified atom stereocenters. The van der Waals surface area contributed by atoms with E-state index in [0.717, 1.165) is 17.1 Å². The van der Waals surface area contributed by atoms with Crippen LogP contribution in [-0.2, 0) is 4.74 Å². The molecule has 0 aliphatic heterocycles. The number of nitrogens with one attached hydrogen (secondary N) is 1. The monoisotopic (exact) mass is 406 g/mol. The number of methoxy groups -OCH3 is 1. The number of hydrogen-bond acceptors (Lipinski definition) is 7. The quantitative estimate of drug-likeness (QED) is 0.403. The average Bonchev–Trinajstić information content (AvgIpc) is 3.12. The summed E-state index contributed by atoms with van der Waals surface area (Å²) in [7, 11) is 1.32. The zero-order valence-corrected chi connectivity index (χ0v) is 16.9. The third kappa shape index (κ3) is 3.77. The first kappa shape index (κ1) is 18.9. The molecule has 1 N–H and O–H groups in total. The molecule has 0 atom stereocenters. The van der Waals surface area contributed by atoms with Crippen LogP contribution < -0.4 is 5.32 Å². The summed E-state index contributed by atoms with van der Waals surface area (Å²) in [5, 5.41) is 3.34. The molecule has 29 heavy (non-hydrogen) atoms. The number of hydrogen-bond donors (Lipinski definition) is 1. The third-order valence-electron chi connectivity index (χ3n) is 4.24. The molecular formula is C20H18N6O2S. The Kier molecular flexibility index (Phi) is 5.13. The van der Waals surface area contributed by atoms with E-state index >= 15 is 0 Å². The first-order chi connectivity index (χ1) is 14.1. The van der Waals surface area contributed by atoms with Crippen molar-refractivity contribution in [3.8, 4) is 22.8 Å². The SMILES string of the molecule is COC(=O)Nc1ccc2nc(-c3cccc(C)n3)c(-c3ccnc(SC)n3)n2c1. The summed E-state index contributed by atoms with van der Waals surface area (Å²) in [4.78, 5) is 30.0. The maximum Gasteiger partial charge on any atom is 0.411 e. The van der Waals surface area contributed by atoms with Crippen LogP contribution in [0.15, 0.2) is 53.9 Å². The lowest BCUT2D eigenvalue weighted by atomic mass is 10.1. The van der Waals surface area contributed by atoms with Gasteiger partial charge in [0.15, 0.2) is 5.16 Å². The van der Waals surface area contributed by atoms with Gasteiger partial charge in [-0.25, -0.2) is 19.7 Å². The minimum Gasteiger partial charge on any atom is -0.453 e. The van der Waals surface area contributed by atoms with Crippen LogP contribution >= 0.6 is 11.8 Å². The molecule has 0 aliphatic carbocycles. The number of fused-ring (bicyclic) bond motifs is 1. The summed E-state index contributed by atoms with van der Waals surface area (Å²) in [5.74, 6) is 0. The Labute approximate surface area is 171 Å². The highest BCUT2D eigenvalue weighted by Gasteiger charge is 2.19. The molecule has 0 aliphatic rings. The maximum absolute atomic E-state index is 11.6. The van der Waals surface area contributed by atoms with Crippen molar-refractivity contribution in [2.24, 2.45) is 0 Å². The van der Waals surface area contributed by atoms with E-state index in [1.165, 1.54) is 18.9 Å². The number of carbonyl (C=O) groups is 1. The summed E-state index contributed by atoms with van der Waals surface area (Å²) in [6.07, 6.45) is 4.89. The van der Waals surface area contributed by atoms with Gasteiger partial charge in [0.2, 0.25) is 0 Å². The smallest absolute Gasteiger partial charge is 0.411 e. The Hall–Kier alpha value is -3.46. The van der Waals surface area contributed by atoms with Gasteiger partial charge in [0, 0.05) is 18.1 Å². The minimum atomic E-state index is -0.543. The summed E-state index contributed by atoms with van der Waals surface area (Å²) < 4.78 is 6.58. The van der Waals surface area contributed by atoms with E-state index in [2.05, 4.69) is 20.3 Å². The second-order valence-corrected chi connectivity index (χ2v) is 6.94. The molecule has 4 rings (SSSR count). The van der Waals surface area contributed by atoms with E-state index in [9.17, 15) is 4.79 Å². The average molecular weight is 406 g/mol. The second kappa shape index (κ2) is 7.88. The zero-order chi connectivity index (χ0) is 20.4. The molecule has 0 spiro atoms. The van der Waals surface area contributed by atoms with Gasteiger partial charge in [-0.1, -0.05) is 17.8 Å². The first-order valence-electron chi connectivity index (χ1n) is 8.77. The number of imidazole rings is 1. The normalized spacial score (nSPS) is 10.9. The van der Waals surface area contributed by atoms with Gasteiger partial charge in [0.25, 0.3) is 0 Å². The number of anilines is 1. The number of pyridine rings is 2. The summed E-state index contributed by atoms with van der Waals surface area (Å²) >= 11 is 1.46. The van der Waals surface area contributed by atoms with Gasteiger partial charge in [-0.2, -0.15) is 0 Å². The lowest BCUT2D eigenvalue weighted by molar-refractivity contribution is 0.187.